The molecule has 3 nitrogen and oxygen atoms in total. The van der Waals surface area contributed by atoms with Crippen LogP contribution in [0.15, 0.2) is 61.7 Å². The van der Waals surface area contributed by atoms with Gasteiger partial charge in [-0.25, -0.2) is 0 Å². The molecule has 0 radical (unpaired) electrons. The lowest BCUT2D eigenvalue weighted by Crippen LogP contribution is -2.67. The van der Waals surface area contributed by atoms with Crippen LogP contribution in [0.4, 0.5) is 0 Å². The molecule has 0 bridgehead atoms. The molecule has 0 atom stereocenters. The van der Waals surface area contributed by atoms with Gasteiger partial charge in [-0.1, -0.05) is 154 Å². The Bertz CT molecular complexity index is 1210. The second kappa shape index (κ2) is 16.1. The van der Waals surface area contributed by atoms with Crippen molar-refractivity contribution in [2.45, 2.75) is 134 Å². The molecule has 0 saturated heterocycles. The molecule has 2 aromatic rings. The second-order valence-corrected chi connectivity index (χ2v) is 59.2. The Morgan fingerprint density at radius 2 is 0.854 bits per heavy atom. The topological polar surface area (TPSA) is 27.7 Å². The van der Waals surface area contributed by atoms with E-state index in [9.17, 15) is 0 Å². The molecule has 0 N–H and O–H groups in total. The van der Waals surface area contributed by atoms with Crippen LogP contribution in [-0.2, 0) is 12.3 Å². The van der Waals surface area contributed by atoms with E-state index in [1.807, 2.05) is 12.2 Å². The first-order chi connectivity index (χ1) is 21.5. The third-order valence-corrected chi connectivity index (χ3v) is 45.4. The summed E-state index contributed by atoms with van der Waals surface area (Å²) in [5, 5.41) is 2.81. The van der Waals surface area contributed by atoms with Gasteiger partial charge in [0.15, 0.2) is 25.0 Å². The summed E-state index contributed by atoms with van der Waals surface area (Å²) in [5.74, 6) is 0. The summed E-state index contributed by atoms with van der Waals surface area (Å²) >= 11 is 0. The van der Waals surface area contributed by atoms with Crippen LogP contribution in [0.3, 0.4) is 0 Å². The molecule has 2 rings (SSSR count). The van der Waals surface area contributed by atoms with Gasteiger partial charge in [-0.05, 0) is 69.5 Å². The molecule has 0 aliphatic rings. The Kier molecular flexibility index (Phi) is 14.6. The summed E-state index contributed by atoms with van der Waals surface area (Å²) in [5.41, 5.74) is 6.77. The lowest BCUT2D eigenvalue weighted by molar-refractivity contribution is 0.271. The minimum Gasteiger partial charge on any atom is -0.414 e. The third-order valence-electron chi connectivity index (χ3n) is 8.51. The fraction of sp³-hybridized carbons (Fsp3) is 0.568. The van der Waals surface area contributed by atoms with Gasteiger partial charge in [-0.15, -0.1) is 0 Å². The molecule has 270 valence electrons. The summed E-state index contributed by atoms with van der Waals surface area (Å²) in [6.07, 6.45) is 3.89. The summed E-state index contributed by atoms with van der Waals surface area (Å²) in [6.45, 7) is 47.6. The maximum Gasteiger partial charge on any atom is 0.505 e. The fourth-order valence-corrected chi connectivity index (χ4v) is 58.4. The first-order valence-electron chi connectivity index (χ1n) is 18.1. The minimum atomic E-state index is -3.20. The first kappa shape index (κ1) is 43.7. The SMILES string of the molecule is C=Cc1ccc([Si](C[Si](C)(C)C)(C[Si](C)(C)C)C[Si](C)(C)CC[Si](C)(C)O[Si](O[Si](C)(C)C)(O[Si](C)(C)C)c2ccc(C=C)cc2)cc1. The van der Waals surface area contributed by atoms with E-state index < -0.39 is 66.1 Å². The van der Waals surface area contributed by atoms with E-state index in [1.165, 1.54) is 28.6 Å². The smallest absolute Gasteiger partial charge is 0.414 e. The van der Waals surface area contributed by atoms with Crippen LogP contribution in [0.2, 0.25) is 134 Å². The highest BCUT2D eigenvalue weighted by molar-refractivity contribution is 7.14. The Labute approximate surface area is 305 Å². The van der Waals surface area contributed by atoms with Gasteiger partial charge in [0.25, 0.3) is 0 Å². The Morgan fingerprint density at radius 1 is 0.479 bits per heavy atom. The van der Waals surface area contributed by atoms with Crippen molar-refractivity contribution >= 4 is 88.6 Å². The normalized spacial score (nSPS) is 14.2. The molecule has 0 saturated carbocycles. The number of rotatable bonds is 19. The van der Waals surface area contributed by atoms with E-state index in [1.54, 1.807) is 5.19 Å². The van der Waals surface area contributed by atoms with E-state index in [0.717, 1.165) is 16.8 Å². The number of benzene rings is 2. The van der Waals surface area contributed by atoms with Crippen LogP contribution >= 0.6 is 0 Å². The average Bonchev–Trinajstić information content (AvgIpc) is 2.88. The van der Waals surface area contributed by atoms with Gasteiger partial charge in [-0.2, -0.15) is 0 Å². The summed E-state index contributed by atoms with van der Waals surface area (Å²) in [4.78, 5) is 0. The van der Waals surface area contributed by atoms with Crippen LogP contribution in [0.5, 0.6) is 0 Å². The van der Waals surface area contributed by atoms with Crippen LogP contribution in [-0.4, -0.2) is 66.1 Å². The maximum absolute atomic E-state index is 7.55. The van der Waals surface area contributed by atoms with Gasteiger partial charge < -0.3 is 12.3 Å². The molecule has 11 heteroatoms. The fourth-order valence-electron chi connectivity index (χ4n) is 7.42. The van der Waals surface area contributed by atoms with Crippen molar-refractivity contribution in [3.63, 3.8) is 0 Å². The highest BCUT2D eigenvalue weighted by atomic mass is 28.5. The van der Waals surface area contributed by atoms with Crippen LogP contribution in [0.25, 0.3) is 12.2 Å². The number of hydrogen-bond acceptors (Lipinski definition) is 3. The van der Waals surface area contributed by atoms with E-state index >= 15 is 0 Å². The van der Waals surface area contributed by atoms with E-state index in [-0.39, 0.29) is 0 Å². The van der Waals surface area contributed by atoms with E-state index in [4.69, 9.17) is 12.3 Å². The third kappa shape index (κ3) is 14.6. The lowest BCUT2D eigenvalue weighted by atomic mass is 10.2. The van der Waals surface area contributed by atoms with Crippen molar-refractivity contribution < 1.29 is 12.3 Å². The monoisotopic (exact) mass is 788 g/mol. The Balaban J connectivity index is 2.56. The molecule has 48 heavy (non-hydrogen) atoms. The zero-order valence-corrected chi connectivity index (χ0v) is 41.9. The molecular weight excluding hydrogens is 717 g/mol. The summed E-state index contributed by atoms with van der Waals surface area (Å²) in [6, 6.07) is 20.8. The van der Waals surface area contributed by atoms with Crippen molar-refractivity contribution in [1.29, 1.82) is 0 Å². The van der Waals surface area contributed by atoms with E-state index in [0.29, 0.717) is 0 Å². The quantitative estimate of drug-likeness (QED) is 0.133. The molecule has 0 fully saturated rings. The molecular formula is C37H72O3Si8. The van der Waals surface area contributed by atoms with Gasteiger partial charge in [0.05, 0.1) is 8.07 Å². The Hall–Kier alpha value is -0.465. The molecule has 2 aromatic carbocycles. The predicted octanol–water partition coefficient (Wildman–Crippen LogP) is 11.4. The van der Waals surface area contributed by atoms with Crippen molar-refractivity contribution in [2.24, 2.45) is 0 Å². The average molecular weight is 790 g/mol. The molecule has 0 aromatic heterocycles. The lowest BCUT2D eigenvalue weighted by Gasteiger charge is -2.46. The van der Waals surface area contributed by atoms with Gasteiger partial charge in [-0.3, -0.25) is 0 Å². The van der Waals surface area contributed by atoms with Crippen LogP contribution in [0, 0.1) is 0 Å². The standard InChI is InChI=1S/C37H72O3Si8/c1-19-34-21-25-36(26-22-34)47(31-41(3,4)5,32-42(6,7)8)33-45(15,16)29-30-46(17,18)40-48(38-43(9,10)11,39-44(12,13)14)37-27-23-35(20-2)24-28-37/h19-28H,1-2,29-33H2,3-18H3. The summed E-state index contributed by atoms with van der Waals surface area (Å²) < 4.78 is 21.9. The van der Waals surface area contributed by atoms with Gasteiger partial charge >= 0.3 is 8.80 Å². The molecule has 0 aliphatic heterocycles. The number of hydrogen-bond donors (Lipinski definition) is 0. The molecule has 0 unspecified atom stereocenters. The highest BCUT2D eigenvalue weighted by Crippen LogP contribution is 2.38. The van der Waals surface area contributed by atoms with E-state index in [2.05, 4.69) is 166 Å². The van der Waals surface area contributed by atoms with Crippen molar-refractivity contribution in [3.8, 4) is 0 Å². The summed E-state index contributed by atoms with van der Waals surface area (Å²) in [7, 11) is -15.6. The maximum atomic E-state index is 7.55. The van der Waals surface area contributed by atoms with Crippen molar-refractivity contribution in [2.75, 3.05) is 0 Å². The van der Waals surface area contributed by atoms with Gasteiger partial charge in [0.1, 0.15) is 0 Å². The van der Waals surface area contributed by atoms with Gasteiger partial charge in [0.2, 0.25) is 0 Å². The van der Waals surface area contributed by atoms with Crippen LogP contribution < -0.4 is 10.4 Å². The Morgan fingerprint density at radius 3 is 1.19 bits per heavy atom. The molecule has 0 aliphatic carbocycles. The van der Waals surface area contributed by atoms with Gasteiger partial charge in [0, 0.05) is 29.4 Å². The minimum absolute atomic E-state index is 1.11. The second-order valence-electron chi connectivity index (χ2n) is 20.1. The van der Waals surface area contributed by atoms with Crippen molar-refractivity contribution in [1.82, 2.24) is 0 Å². The molecule has 0 heterocycles. The predicted molar refractivity (Wildman–Crippen MR) is 239 cm³/mol. The van der Waals surface area contributed by atoms with Crippen LogP contribution in [0.1, 0.15) is 11.1 Å². The zero-order valence-electron chi connectivity index (χ0n) is 33.9. The largest absolute Gasteiger partial charge is 0.505 e. The zero-order chi connectivity index (χ0) is 37.0. The highest BCUT2D eigenvalue weighted by Gasteiger charge is 2.53. The molecule has 0 amide bonds. The van der Waals surface area contributed by atoms with Crippen molar-refractivity contribution in [3.05, 3.63) is 72.8 Å². The molecule has 0 spiro atoms. The first-order valence-corrected chi connectivity index (χ1v) is 43.2.